The van der Waals surface area contributed by atoms with Gasteiger partial charge in [0.2, 0.25) is 0 Å². The van der Waals surface area contributed by atoms with Crippen LogP contribution < -0.4 is 4.90 Å². The molecular formula is C22H27BrF2N4O. The van der Waals surface area contributed by atoms with Crippen molar-refractivity contribution in [1.82, 2.24) is 14.7 Å². The number of halogens is 3. The molecular weight excluding hydrogens is 454 g/mol. The molecule has 0 aliphatic carbocycles. The summed E-state index contributed by atoms with van der Waals surface area (Å²) in [7, 11) is 2.13. The molecule has 0 atom stereocenters. The number of hydrogen-bond donors (Lipinski definition) is 0. The SMILES string of the molecule is CN1CCc2c(c(N3CCCc4cc(Br)c(C(F)F)cc43)nn2C2CCOCC2)C1. The van der Waals surface area contributed by atoms with Gasteiger partial charge in [-0.3, -0.25) is 4.68 Å². The Morgan fingerprint density at radius 3 is 2.73 bits per heavy atom. The Morgan fingerprint density at radius 1 is 1.17 bits per heavy atom. The number of likely N-dealkylation sites (N-methyl/N-ethyl adjacent to an activating group) is 1. The average molecular weight is 481 g/mol. The maximum atomic E-state index is 13.6. The van der Waals surface area contributed by atoms with Crippen LogP contribution in [0.5, 0.6) is 0 Å². The lowest BCUT2D eigenvalue weighted by Gasteiger charge is -2.32. The van der Waals surface area contributed by atoms with E-state index in [1.807, 2.05) is 6.07 Å². The molecule has 8 heteroatoms. The van der Waals surface area contributed by atoms with E-state index in [0.29, 0.717) is 10.5 Å². The summed E-state index contributed by atoms with van der Waals surface area (Å²) in [6, 6.07) is 3.89. The zero-order valence-corrected chi connectivity index (χ0v) is 18.8. The van der Waals surface area contributed by atoms with Crippen molar-refractivity contribution in [3.63, 3.8) is 0 Å². The van der Waals surface area contributed by atoms with Crippen molar-refractivity contribution >= 4 is 27.4 Å². The van der Waals surface area contributed by atoms with E-state index < -0.39 is 6.43 Å². The summed E-state index contributed by atoms with van der Waals surface area (Å²) < 4.78 is 35.5. The Balaban J connectivity index is 1.61. The molecule has 1 aromatic heterocycles. The van der Waals surface area contributed by atoms with Crippen LogP contribution in [0.15, 0.2) is 16.6 Å². The molecule has 0 saturated carbocycles. The van der Waals surface area contributed by atoms with Crippen molar-refractivity contribution in [3.05, 3.63) is 39.0 Å². The van der Waals surface area contributed by atoms with Gasteiger partial charge in [0, 0.05) is 66.2 Å². The molecule has 4 heterocycles. The van der Waals surface area contributed by atoms with Crippen molar-refractivity contribution in [3.8, 4) is 0 Å². The van der Waals surface area contributed by atoms with E-state index in [4.69, 9.17) is 9.84 Å². The van der Waals surface area contributed by atoms with Crippen molar-refractivity contribution in [2.75, 3.05) is 38.3 Å². The highest BCUT2D eigenvalue weighted by atomic mass is 79.9. The molecule has 0 unspecified atom stereocenters. The molecule has 5 rings (SSSR count). The highest BCUT2D eigenvalue weighted by molar-refractivity contribution is 9.10. The maximum absolute atomic E-state index is 13.6. The van der Waals surface area contributed by atoms with Crippen molar-refractivity contribution in [2.24, 2.45) is 0 Å². The zero-order chi connectivity index (χ0) is 20.8. The third kappa shape index (κ3) is 3.56. The second kappa shape index (κ2) is 8.20. The Morgan fingerprint density at radius 2 is 1.97 bits per heavy atom. The first kappa shape index (κ1) is 20.4. The summed E-state index contributed by atoms with van der Waals surface area (Å²) in [5.74, 6) is 0.950. The van der Waals surface area contributed by atoms with E-state index in [1.54, 1.807) is 6.07 Å². The predicted molar refractivity (Wildman–Crippen MR) is 116 cm³/mol. The van der Waals surface area contributed by atoms with Gasteiger partial charge in [-0.2, -0.15) is 5.10 Å². The minimum Gasteiger partial charge on any atom is -0.381 e. The Hall–Kier alpha value is -1.51. The number of benzene rings is 1. The highest BCUT2D eigenvalue weighted by Gasteiger charge is 2.32. The second-order valence-electron chi connectivity index (χ2n) is 8.58. The molecule has 0 amide bonds. The summed E-state index contributed by atoms with van der Waals surface area (Å²) in [4.78, 5) is 4.50. The zero-order valence-electron chi connectivity index (χ0n) is 17.2. The Kier molecular flexibility index (Phi) is 5.58. The van der Waals surface area contributed by atoms with Gasteiger partial charge < -0.3 is 14.5 Å². The third-order valence-corrected chi connectivity index (χ3v) is 7.29. The number of nitrogens with zero attached hydrogens (tertiary/aromatic N) is 4. The minimum atomic E-state index is -2.51. The fourth-order valence-electron chi connectivity index (χ4n) is 5.02. The van der Waals surface area contributed by atoms with Gasteiger partial charge in [-0.25, -0.2) is 8.78 Å². The van der Waals surface area contributed by atoms with Gasteiger partial charge in [-0.05, 0) is 50.4 Å². The number of alkyl halides is 2. The van der Waals surface area contributed by atoms with Crippen LogP contribution in [0.25, 0.3) is 0 Å². The molecule has 0 N–H and O–H groups in total. The lowest BCUT2D eigenvalue weighted by Crippen LogP contribution is -2.30. The molecule has 30 heavy (non-hydrogen) atoms. The summed E-state index contributed by atoms with van der Waals surface area (Å²) in [6.07, 6.45) is 2.30. The van der Waals surface area contributed by atoms with Crippen LogP contribution in [0.1, 0.15) is 54.1 Å². The van der Waals surface area contributed by atoms with E-state index in [9.17, 15) is 8.78 Å². The van der Waals surface area contributed by atoms with Gasteiger partial charge >= 0.3 is 0 Å². The van der Waals surface area contributed by atoms with Gasteiger partial charge in [0.05, 0.1) is 6.04 Å². The van der Waals surface area contributed by atoms with Crippen LogP contribution in [0.4, 0.5) is 20.3 Å². The molecule has 1 aromatic carbocycles. The molecule has 0 radical (unpaired) electrons. The van der Waals surface area contributed by atoms with Crippen molar-refractivity contribution < 1.29 is 13.5 Å². The third-order valence-electron chi connectivity index (χ3n) is 6.60. The monoisotopic (exact) mass is 480 g/mol. The van der Waals surface area contributed by atoms with Crippen molar-refractivity contribution in [1.29, 1.82) is 0 Å². The molecule has 0 bridgehead atoms. The second-order valence-corrected chi connectivity index (χ2v) is 9.44. The first-order valence-corrected chi connectivity index (χ1v) is 11.6. The number of fused-ring (bicyclic) bond motifs is 2. The van der Waals surface area contributed by atoms with E-state index >= 15 is 0 Å². The van der Waals surface area contributed by atoms with Crippen LogP contribution in [0.3, 0.4) is 0 Å². The van der Waals surface area contributed by atoms with E-state index in [0.717, 1.165) is 82.0 Å². The number of rotatable bonds is 3. The van der Waals surface area contributed by atoms with Gasteiger partial charge in [0.25, 0.3) is 6.43 Å². The number of ether oxygens (including phenoxy) is 1. The van der Waals surface area contributed by atoms with Gasteiger partial charge in [0.1, 0.15) is 0 Å². The number of aromatic nitrogens is 2. The highest BCUT2D eigenvalue weighted by Crippen LogP contribution is 2.42. The van der Waals surface area contributed by atoms with Crippen LogP contribution >= 0.6 is 15.9 Å². The van der Waals surface area contributed by atoms with Gasteiger partial charge in [-0.15, -0.1) is 0 Å². The quantitative estimate of drug-likeness (QED) is 0.618. The standard InChI is InChI=1S/C22H27BrF2N4O/c1-27-8-4-19-17(13-27)22(26-29(19)15-5-9-30-10-6-15)28-7-2-3-14-11-18(23)16(21(24)25)12-20(14)28/h11-12,15,21H,2-10,13H2,1H3. The normalized spacial score (nSPS) is 20.5. The van der Waals surface area contributed by atoms with Crippen LogP contribution in [0, 0.1) is 0 Å². The molecule has 5 nitrogen and oxygen atoms in total. The number of hydrogen-bond acceptors (Lipinski definition) is 4. The van der Waals surface area contributed by atoms with Crippen LogP contribution in [-0.2, 0) is 24.1 Å². The van der Waals surface area contributed by atoms with E-state index in [2.05, 4.69) is 37.5 Å². The first-order valence-electron chi connectivity index (χ1n) is 10.8. The Bertz CT molecular complexity index is 942. The molecule has 1 fully saturated rings. The average Bonchev–Trinajstić information content (AvgIpc) is 3.11. The van der Waals surface area contributed by atoms with Gasteiger partial charge in [0.15, 0.2) is 5.82 Å². The number of aryl methyl sites for hydroxylation is 1. The van der Waals surface area contributed by atoms with Gasteiger partial charge in [-0.1, -0.05) is 15.9 Å². The lowest BCUT2D eigenvalue weighted by molar-refractivity contribution is 0.0651. The predicted octanol–water partition coefficient (Wildman–Crippen LogP) is 5.01. The van der Waals surface area contributed by atoms with Crippen molar-refractivity contribution in [2.45, 2.75) is 51.1 Å². The smallest absolute Gasteiger partial charge is 0.265 e. The summed E-state index contributed by atoms with van der Waals surface area (Å²) in [5, 5.41) is 5.13. The summed E-state index contributed by atoms with van der Waals surface area (Å²) in [5.41, 5.74) is 4.61. The largest absolute Gasteiger partial charge is 0.381 e. The van der Waals surface area contributed by atoms with Crippen LogP contribution in [0.2, 0.25) is 0 Å². The van der Waals surface area contributed by atoms with E-state index in [1.165, 1.54) is 11.3 Å². The first-order chi connectivity index (χ1) is 14.5. The molecule has 1 saturated heterocycles. The maximum Gasteiger partial charge on any atom is 0.265 e. The fourth-order valence-corrected chi connectivity index (χ4v) is 5.58. The fraction of sp³-hybridized carbons (Fsp3) is 0.591. The molecule has 3 aliphatic rings. The molecule has 2 aromatic rings. The molecule has 3 aliphatic heterocycles. The molecule has 0 spiro atoms. The molecule has 162 valence electrons. The minimum absolute atomic E-state index is 0.0514. The summed E-state index contributed by atoms with van der Waals surface area (Å²) >= 11 is 3.34. The number of anilines is 2. The summed E-state index contributed by atoms with van der Waals surface area (Å²) in [6.45, 7) is 4.20. The Labute approximate surface area is 184 Å². The van der Waals surface area contributed by atoms with E-state index in [-0.39, 0.29) is 5.56 Å². The lowest BCUT2D eigenvalue weighted by atomic mass is 9.98. The topological polar surface area (TPSA) is 33.5 Å². The van der Waals surface area contributed by atoms with Crippen LogP contribution in [-0.4, -0.2) is 48.0 Å².